The molecule has 4 nitrogen and oxygen atoms in total. The molecule has 15 heavy (non-hydrogen) atoms. The lowest BCUT2D eigenvalue weighted by Gasteiger charge is -2.07. The molecule has 0 saturated heterocycles. The SMILES string of the molecule is CNC(C)Cc1cnn2cc(C)cnc12. The van der Waals surface area contributed by atoms with E-state index >= 15 is 0 Å². The standard InChI is InChI=1S/C11H16N4/c1-8-5-13-11-10(4-9(2)12-3)6-14-15(11)7-8/h5-7,9,12H,4H2,1-3H3. The average molecular weight is 204 g/mol. The fraction of sp³-hybridized carbons (Fsp3) is 0.455. The van der Waals surface area contributed by atoms with Crippen LogP contribution in [0.25, 0.3) is 5.65 Å². The molecule has 2 heterocycles. The molecular weight excluding hydrogens is 188 g/mol. The van der Waals surface area contributed by atoms with Crippen molar-refractivity contribution in [2.45, 2.75) is 26.3 Å². The maximum atomic E-state index is 4.40. The third kappa shape index (κ3) is 1.99. The summed E-state index contributed by atoms with van der Waals surface area (Å²) in [6, 6.07) is 0.445. The topological polar surface area (TPSA) is 42.2 Å². The number of aryl methyl sites for hydroxylation is 1. The summed E-state index contributed by atoms with van der Waals surface area (Å²) in [5.41, 5.74) is 3.28. The van der Waals surface area contributed by atoms with Gasteiger partial charge in [0, 0.05) is 24.0 Å². The molecule has 0 spiro atoms. The van der Waals surface area contributed by atoms with E-state index in [0.29, 0.717) is 6.04 Å². The molecule has 80 valence electrons. The van der Waals surface area contributed by atoms with Crippen molar-refractivity contribution in [3.05, 3.63) is 29.7 Å². The second kappa shape index (κ2) is 3.98. The second-order valence-corrected chi connectivity index (χ2v) is 3.96. The van der Waals surface area contributed by atoms with Crippen LogP contribution in [0.4, 0.5) is 0 Å². The maximum absolute atomic E-state index is 4.40. The van der Waals surface area contributed by atoms with Gasteiger partial charge in [-0.05, 0) is 32.9 Å². The van der Waals surface area contributed by atoms with Gasteiger partial charge in [-0.1, -0.05) is 0 Å². The van der Waals surface area contributed by atoms with E-state index < -0.39 is 0 Å². The Bertz CT molecular complexity index is 461. The van der Waals surface area contributed by atoms with Crippen molar-refractivity contribution >= 4 is 5.65 Å². The third-order valence-electron chi connectivity index (χ3n) is 2.58. The van der Waals surface area contributed by atoms with Gasteiger partial charge in [0.25, 0.3) is 0 Å². The van der Waals surface area contributed by atoms with Crippen LogP contribution >= 0.6 is 0 Å². The normalized spacial score (nSPS) is 13.3. The lowest BCUT2D eigenvalue weighted by Crippen LogP contribution is -2.23. The highest BCUT2D eigenvalue weighted by Crippen LogP contribution is 2.10. The van der Waals surface area contributed by atoms with Crippen LogP contribution in [0.15, 0.2) is 18.6 Å². The number of aromatic nitrogens is 3. The van der Waals surface area contributed by atoms with Gasteiger partial charge in [-0.2, -0.15) is 5.10 Å². The Kier molecular flexibility index (Phi) is 2.68. The number of nitrogens with one attached hydrogen (secondary N) is 1. The Morgan fingerprint density at radius 1 is 1.47 bits per heavy atom. The Hall–Kier alpha value is -1.42. The van der Waals surface area contributed by atoms with Crippen LogP contribution in [-0.2, 0) is 6.42 Å². The van der Waals surface area contributed by atoms with E-state index in [2.05, 4.69) is 22.3 Å². The number of likely N-dealkylation sites (N-methyl/N-ethyl adjacent to an activating group) is 1. The Morgan fingerprint density at radius 2 is 2.27 bits per heavy atom. The van der Waals surface area contributed by atoms with Crippen molar-refractivity contribution < 1.29 is 0 Å². The van der Waals surface area contributed by atoms with E-state index in [9.17, 15) is 0 Å². The molecule has 0 fully saturated rings. The molecule has 0 aliphatic heterocycles. The molecule has 2 rings (SSSR count). The average Bonchev–Trinajstić information content (AvgIpc) is 2.60. The lowest BCUT2D eigenvalue weighted by atomic mass is 10.1. The van der Waals surface area contributed by atoms with Crippen LogP contribution in [0.3, 0.4) is 0 Å². The van der Waals surface area contributed by atoms with E-state index in [-0.39, 0.29) is 0 Å². The van der Waals surface area contributed by atoms with Crippen LogP contribution in [0.2, 0.25) is 0 Å². The fourth-order valence-electron chi connectivity index (χ4n) is 1.59. The van der Waals surface area contributed by atoms with Gasteiger partial charge in [0.15, 0.2) is 5.65 Å². The van der Waals surface area contributed by atoms with Crippen molar-refractivity contribution in [2.75, 3.05) is 7.05 Å². The summed E-state index contributed by atoms with van der Waals surface area (Å²) >= 11 is 0. The van der Waals surface area contributed by atoms with Gasteiger partial charge in [-0.25, -0.2) is 9.50 Å². The number of rotatable bonds is 3. The van der Waals surface area contributed by atoms with Crippen LogP contribution in [0.1, 0.15) is 18.1 Å². The summed E-state index contributed by atoms with van der Waals surface area (Å²) in [5.74, 6) is 0. The lowest BCUT2D eigenvalue weighted by molar-refractivity contribution is 0.610. The predicted octanol–water partition coefficient (Wildman–Crippen LogP) is 1.19. The third-order valence-corrected chi connectivity index (χ3v) is 2.58. The quantitative estimate of drug-likeness (QED) is 0.816. The minimum absolute atomic E-state index is 0.445. The molecule has 0 saturated carbocycles. The maximum Gasteiger partial charge on any atom is 0.158 e. The molecule has 0 aliphatic rings. The monoisotopic (exact) mass is 204 g/mol. The highest BCUT2D eigenvalue weighted by molar-refractivity contribution is 5.46. The Morgan fingerprint density at radius 3 is 3.00 bits per heavy atom. The minimum Gasteiger partial charge on any atom is -0.317 e. The molecule has 0 bridgehead atoms. The molecule has 0 radical (unpaired) electrons. The molecular formula is C11H16N4. The predicted molar refractivity (Wildman–Crippen MR) is 59.9 cm³/mol. The molecule has 2 aromatic rings. The molecule has 0 amide bonds. The number of hydrogen-bond donors (Lipinski definition) is 1. The zero-order valence-electron chi connectivity index (χ0n) is 9.36. The van der Waals surface area contributed by atoms with Crippen LogP contribution in [0, 0.1) is 6.92 Å². The van der Waals surface area contributed by atoms with Crippen LogP contribution in [-0.4, -0.2) is 27.7 Å². The van der Waals surface area contributed by atoms with E-state index in [4.69, 9.17) is 0 Å². The summed E-state index contributed by atoms with van der Waals surface area (Å²) in [4.78, 5) is 4.40. The molecule has 0 aliphatic carbocycles. The van der Waals surface area contributed by atoms with Gasteiger partial charge in [0.2, 0.25) is 0 Å². The first-order chi connectivity index (χ1) is 7.20. The van der Waals surface area contributed by atoms with Crippen LogP contribution in [0.5, 0.6) is 0 Å². The highest BCUT2D eigenvalue weighted by Gasteiger charge is 2.08. The molecule has 1 N–H and O–H groups in total. The van der Waals surface area contributed by atoms with Crippen molar-refractivity contribution in [1.29, 1.82) is 0 Å². The molecule has 2 aromatic heterocycles. The Balaban J connectivity index is 2.36. The van der Waals surface area contributed by atoms with Gasteiger partial charge >= 0.3 is 0 Å². The van der Waals surface area contributed by atoms with E-state index in [0.717, 1.165) is 17.6 Å². The summed E-state index contributed by atoms with van der Waals surface area (Å²) in [5, 5.41) is 7.51. The van der Waals surface area contributed by atoms with Gasteiger partial charge in [0.05, 0.1) is 6.20 Å². The first-order valence-electron chi connectivity index (χ1n) is 5.17. The van der Waals surface area contributed by atoms with Crippen LogP contribution < -0.4 is 5.32 Å². The van der Waals surface area contributed by atoms with E-state index in [1.54, 1.807) is 0 Å². The number of nitrogens with zero attached hydrogens (tertiary/aromatic N) is 3. The summed E-state index contributed by atoms with van der Waals surface area (Å²) in [6.45, 7) is 4.17. The van der Waals surface area contributed by atoms with Crippen molar-refractivity contribution in [3.8, 4) is 0 Å². The minimum atomic E-state index is 0.445. The summed E-state index contributed by atoms with van der Waals surface area (Å²) < 4.78 is 1.84. The molecule has 1 atom stereocenters. The van der Waals surface area contributed by atoms with Gasteiger partial charge in [-0.15, -0.1) is 0 Å². The van der Waals surface area contributed by atoms with Gasteiger partial charge in [0.1, 0.15) is 0 Å². The van der Waals surface area contributed by atoms with Crippen molar-refractivity contribution in [1.82, 2.24) is 19.9 Å². The zero-order valence-corrected chi connectivity index (χ0v) is 9.36. The zero-order chi connectivity index (χ0) is 10.8. The van der Waals surface area contributed by atoms with Crippen molar-refractivity contribution in [3.63, 3.8) is 0 Å². The molecule has 4 heteroatoms. The van der Waals surface area contributed by atoms with Gasteiger partial charge in [-0.3, -0.25) is 0 Å². The fourth-order valence-corrected chi connectivity index (χ4v) is 1.59. The highest BCUT2D eigenvalue weighted by atomic mass is 15.2. The number of hydrogen-bond acceptors (Lipinski definition) is 3. The summed E-state index contributed by atoms with van der Waals surface area (Å²) in [6.07, 6.45) is 6.73. The Labute approximate surface area is 89.3 Å². The van der Waals surface area contributed by atoms with Crippen molar-refractivity contribution in [2.24, 2.45) is 0 Å². The molecule has 0 aromatic carbocycles. The largest absolute Gasteiger partial charge is 0.317 e. The number of fused-ring (bicyclic) bond motifs is 1. The first-order valence-corrected chi connectivity index (χ1v) is 5.17. The van der Waals surface area contributed by atoms with Gasteiger partial charge < -0.3 is 5.32 Å². The first kappa shape index (κ1) is 10.1. The van der Waals surface area contributed by atoms with E-state index in [1.165, 1.54) is 5.56 Å². The summed E-state index contributed by atoms with van der Waals surface area (Å²) in [7, 11) is 1.97. The smallest absolute Gasteiger partial charge is 0.158 e. The molecule has 1 unspecified atom stereocenters. The van der Waals surface area contributed by atoms with E-state index in [1.807, 2.05) is 37.1 Å². The second-order valence-electron chi connectivity index (χ2n) is 3.96.